The predicted octanol–water partition coefficient (Wildman–Crippen LogP) is 4.21. The van der Waals surface area contributed by atoms with Gasteiger partial charge in [0, 0.05) is 16.7 Å². The van der Waals surface area contributed by atoms with Crippen molar-refractivity contribution in [1.82, 2.24) is 15.6 Å². The second kappa shape index (κ2) is 10.8. The Hall–Kier alpha value is -3.65. The van der Waals surface area contributed by atoms with Crippen LogP contribution in [0.15, 0.2) is 52.4 Å². The zero-order valence-corrected chi connectivity index (χ0v) is 19.6. The van der Waals surface area contributed by atoms with Crippen LogP contribution in [0.1, 0.15) is 52.5 Å². The van der Waals surface area contributed by atoms with Gasteiger partial charge in [0.15, 0.2) is 5.69 Å². The van der Waals surface area contributed by atoms with Crippen molar-refractivity contribution in [2.24, 2.45) is 5.10 Å². The number of hydrogen-bond acceptors (Lipinski definition) is 6. The molecule has 0 spiro atoms. The van der Waals surface area contributed by atoms with E-state index in [0.717, 1.165) is 28.0 Å². The van der Waals surface area contributed by atoms with Crippen molar-refractivity contribution < 1.29 is 14.3 Å². The van der Waals surface area contributed by atoms with Crippen molar-refractivity contribution >= 4 is 23.7 Å². The molecule has 9 heteroatoms. The van der Waals surface area contributed by atoms with Crippen LogP contribution >= 0.6 is 11.6 Å². The fourth-order valence-electron chi connectivity index (χ4n) is 3.09. The molecule has 8 nitrogen and oxygen atoms in total. The Labute approximate surface area is 196 Å². The standard InChI is InChI=1S/C24H25ClN4O4/c1-14(2)18-11-19(25)15(3)9-22(18)33-13-17-10-16(5-7-21(17)32-4)12-26-29-24(31)20-6-8-23(30)28-27-20/h5-12,14H,13H2,1-4H3,(H,28,30)(H,29,31). The Morgan fingerprint density at radius 1 is 1.21 bits per heavy atom. The van der Waals surface area contributed by atoms with Gasteiger partial charge < -0.3 is 9.47 Å². The number of benzene rings is 2. The average Bonchev–Trinajstić information content (AvgIpc) is 2.79. The number of aromatic nitrogens is 2. The van der Waals surface area contributed by atoms with E-state index >= 15 is 0 Å². The van der Waals surface area contributed by atoms with E-state index in [1.807, 2.05) is 37.3 Å². The number of H-pyrrole nitrogens is 1. The molecule has 3 aromatic rings. The number of nitrogens with one attached hydrogen (secondary N) is 2. The average molecular weight is 469 g/mol. The molecule has 1 amide bonds. The van der Waals surface area contributed by atoms with Gasteiger partial charge in [-0.05, 0) is 65.9 Å². The second-order valence-corrected chi connectivity index (χ2v) is 8.07. The molecule has 0 saturated carbocycles. The molecule has 0 atom stereocenters. The Morgan fingerprint density at radius 3 is 2.67 bits per heavy atom. The Balaban J connectivity index is 1.74. The molecule has 172 valence electrons. The van der Waals surface area contributed by atoms with Gasteiger partial charge in [-0.2, -0.15) is 10.2 Å². The van der Waals surface area contributed by atoms with Crippen molar-refractivity contribution in [2.75, 3.05) is 7.11 Å². The van der Waals surface area contributed by atoms with Gasteiger partial charge in [0.25, 0.3) is 11.5 Å². The van der Waals surface area contributed by atoms with Crippen molar-refractivity contribution in [3.05, 3.63) is 85.8 Å². The number of amides is 1. The van der Waals surface area contributed by atoms with Gasteiger partial charge in [-0.3, -0.25) is 9.59 Å². The fraction of sp³-hybridized carbons (Fsp3) is 0.250. The number of hydrogen-bond donors (Lipinski definition) is 2. The van der Waals surface area contributed by atoms with Crippen LogP contribution in [0, 0.1) is 6.92 Å². The number of halogens is 1. The summed E-state index contributed by atoms with van der Waals surface area (Å²) in [5, 5.41) is 10.5. The number of nitrogens with zero attached hydrogens (tertiary/aromatic N) is 2. The van der Waals surface area contributed by atoms with Gasteiger partial charge in [-0.1, -0.05) is 25.4 Å². The van der Waals surface area contributed by atoms with E-state index in [-0.39, 0.29) is 18.2 Å². The van der Waals surface area contributed by atoms with E-state index in [4.69, 9.17) is 21.1 Å². The molecular weight excluding hydrogens is 444 g/mol. The van der Waals surface area contributed by atoms with Gasteiger partial charge in [0.1, 0.15) is 18.1 Å². The SMILES string of the molecule is COc1ccc(C=NNC(=O)c2ccc(=O)[nH]n2)cc1COc1cc(C)c(Cl)cc1C(C)C. The van der Waals surface area contributed by atoms with Gasteiger partial charge >= 0.3 is 0 Å². The molecule has 0 aliphatic rings. The van der Waals surface area contributed by atoms with Gasteiger partial charge in [0.2, 0.25) is 0 Å². The lowest BCUT2D eigenvalue weighted by molar-refractivity contribution is 0.0949. The second-order valence-electron chi connectivity index (χ2n) is 7.66. The number of methoxy groups -OCH3 is 1. The third kappa shape index (κ3) is 6.20. The highest BCUT2D eigenvalue weighted by Crippen LogP contribution is 2.33. The molecule has 0 unspecified atom stereocenters. The van der Waals surface area contributed by atoms with E-state index in [0.29, 0.717) is 10.8 Å². The zero-order valence-electron chi connectivity index (χ0n) is 18.8. The zero-order chi connectivity index (χ0) is 24.0. The van der Waals surface area contributed by atoms with Crippen LogP contribution in [0.3, 0.4) is 0 Å². The molecule has 2 N–H and O–H groups in total. The van der Waals surface area contributed by atoms with Crippen LogP contribution in [0.5, 0.6) is 11.5 Å². The lowest BCUT2D eigenvalue weighted by Crippen LogP contribution is -2.21. The summed E-state index contributed by atoms with van der Waals surface area (Å²) in [5.74, 6) is 1.15. The number of carbonyl (C=O) groups is 1. The van der Waals surface area contributed by atoms with E-state index in [2.05, 4.69) is 34.6 Å². The normalized spacial score (nSPS) is 11.1. The van der Waals surface area contributed by atoms with Crippen LogP contribution in [0.4, 0.5) is 0 Å². The summed E-state index contributed by atoms with van der Waals surface area (Å²) < 4.78 is 11.6. The topological polar surface area (TPSA) is 106 Å². The summed E-state index contributed by atoms with van der Waals surface area (Å²) in [5.41, 5.74) is 5.56. The molecule has 0 bridgehead atoms. The third-order valence-electron chi connectivity index (χ3n) is 4.89. The first-order valence-corrected chi connectivity index (χ1v) is 10.6. The number of aromatic amines is 1. The smallest absolute Gasteiger partial charge is 0.291 e. The summed E-state index contributed by atoms with van der Waals surface area (Å²) in [6, 6.07) is 11.9. The number of aryl methyl sites for hydroxylation is 1. The summed E-state index contributed by atoms with van der Waals surface area (Å²) >= 11 is 6.29. The maximum absolute atomic E-state index is 12.1. The minimum absolute atomic E-state index is 0.0507. The molecule has 0 aliphatic carbocycles. The minimum atomic E-state index is -0.543. The Bertz CT molecular complexity index is 1220. The van der Waals surface area contributed by atoms with Crippen LogP contribution in [-0.2, 0) is 6.61 Å². The fourth-order valence-corrected chi connectivity index (χ4v) is 3.26. The number of rotatable bonds is 8. The van der Waals surface area contributed by atoms with Crippen molar-refractivity contribution in [3.63, 3.8) is 0 Å². The van der Waals surface area contributed by atoms with Crippen LogP contribution in [-0.4, -0.2) is 29.4 Å². The molecule has 3 rings (SSSR count). The summed E-state index contributed by atoms with van der Waals surface area (Å²) in [7, 11) is 1.59. The first-order valence-electron chi connectivity index (χ1n) is 10.3. The Morgan fingerprint density at radius 2 is 2.00 bits per heavy atom. The summed E-state index contributed by atoms with van der Waals surface area (Å²) in [6.07, 6.45) is 1.50. The molecule has 2 aromatic carbocycles. The first-order chi connectivity index (χ1) is 15.8. The number of hydrazone groups is 1. The summed E-state index contributed by atoms with van der Waals surface area (Å²) in [4.78, 5) is 23.1. The lowest BCUT2D eigenvalue weighted by atomic mass is 10.0. The molecule has 0 saturated heterocycles. The van der Waals surface area contributed by atoms with E-state index in [9.17, 15) is 9.59 Å². The Kier molecular flexibility index (Phi) is 7.84. The van der Waals surface area contributed by atoms with Crippen LogP contribution in [0.25, 0.3) is 0 Å². The molecule has 1 heterocycles. The van der Waals surface area contributed by atoms with Crippen LogP contribution in [0.2, 0.25) is 5.02 Å². The first kappa shape index (κ1) is 24.0. The van der Waals surface area contributed by atoms with Gasteiger partial charge in [-0.15, -0.1) is 0 Å². The van der Waals surface area contributed by atoms with Gasteiger partial charge in [-0.25, -0.2) is 10.5 Å². The maximum atomic E-state index is 12.1. The van der Waals surface area contributed by atoms with E-state index < -0.39 is 11.5 Å². The van der Waals surface area contributed by atoms with E-state index in [1.165, 1.54) is 18.3 Å². The highest BCUT2D eigenvalue weighted by molar-refractivity contribution is 6.31. The van der Waals surface area contributed by atoms with E-state index in [1.54, 1.807) is 7.11 Å². The molecular formula is C24H25ClN4O4. The molecule has 0 aliphatic heterocycles. The number of carbonyl (C=O) groups excluding carboxylic acids is 1. The van der Waals surface area contributed by atoms with Crippen molar-refractivity contribution in [3.8, 4) is 11.5 Å². The molecule has 33 heavy (non-hydrogen) atoms. The van der Waals surface area contributed by atoms with Crippen molar-refractivity contribution in [2.45, 2.75) is 33.3 Å². The summed E-state index contributed by atoms with van der Waals surface area (Å²) in [6.45, 7) is 6.39. The lowest BCUT2D eigenvalue weighted by Gasteiger charge is -2.17. The minimum Gasteiger partial charge on any atom is -0.496 e. The largest absolute Gasteiger partial charge is 0.496 e. The monoisotopic (exact) mass is 468 g/mol. The molecule has 0 radical (unpaired) electrons. The number of ether oxygens (including phenoxy) is 2. The van der Waals surface area contributed by atoms with Crippen LogP contribution < -0.4 is 20.5 Å². The molecule has 0 fully saturated rings. The van der Waals surface area contributed by atoms with Crippen molar-refractivity contribution in [1.29, 1.82) is 0 Å². The predicted molar refractivity (Wildman–Crippen MR) is 128 cm³/mol. The van der Waals surface area contributed by atoms with Gasteiger partial charge in [0.05, 0.1) is 13.3 Å². The third-order valence-corrected chi connectivity index (χ3v) is 5.30. The molecule has 1 aromatic heterocycles. The quantitative estimate of drug-likeness (QED) is 0.380. The highest BCUT2D eigenvalue weighted by Gasteiger charge is 2.13. The highest BCUT2D eigenvalue weighted by atomic mass is 35.5. The maximum Gasteiger partial charge on any atom is 0.291 e.